The Morgan fingerprint density at radius 3 is 2.56 bits per heavy atom. The van der Waals surface area contributed by atoms with Crippen LogP contribution in [0.4, 0.5) is 13.2 Å². The van der Waals surface area contributed by atoms with Gasteiger partial charge in [0.15, 0.2) is 17.3 Å². The van der Waals surface area contributed by atoms with E-state index in [0.29, 0.717) is 18.9 Å². The molecule has 25 heavy (non-hydrogen) atoms. The third-order valence-electron chi connectivity index (χ3n) is 3.17. The Labute approximate surface area is 145 Å². The van der Waals surface area contributed by atoms with Crippen molar-refractivity contribution in [2.75, 3.05) is 6.61 Å². The highest BCUT2D eigenvalue weighted by atomic mass is 19.3. The smallest absolute Gasteiger partial charge is 0.395 e. The number of ketones is 1. The Hall–Kier alpha value is -2.50. The van der Waals surface area contributed by atoms with Crippen molar-refractivity contribution in [3.63, 3.8) is 0 Å². The zero-order valence-corrected chi connectivity index (χ0v) is 14.4. The average Bonchev–Trinajstić information content (AvgIpc) is 2.51. The number of alkyl halides is 2. The zero-order chi connectivity index (χ0) is 19.0. The van der Waals surface area contributed by atoms with Gasteiger partial charge in [0.25, 0.3) is 0 Å². The first-order valence-corrected chi connectivity index (χ1v) is 7.64. The van der Waals surface area contributed by atoms with Gasteiger partial charge >= 0.3 is 6.11 Å². The Balaban J connectivity index is 2.65. The number of rotatable bonds is 9. The van der Waals surface area contributed by atoms with E-state index >= 15 is 0 Å². The molecule has 0 N–H and O–H groups in total. The molecular weight excluding hydrogens is 333 g/mol. The summed E-state index contributed by atoms with van der Waals surface area (Å²) in [5.74, 6) is -1.37. The first-order valence-electron chi connectivity index (χ1n) is 7.64. The summed E-state index contributed by atoms with van der Waals surface area (Å²) < 4.78 is 48.9. The Kier molecular flexibility index (Phi) is 7.48. The van der Waals surface area contributed by atoms with E-state index in [2.05, 4.69) is 11.3 Å². The van der Waals surface area contributed by atoms with E-state index in [1.165, 1.54) is 13.0 Å². The molecule has 0 aromatic heterocycles. The van der Waals surface area contributed by atoms with Crippen LogP contribution in [0.15, 0.2) is 54.2 Å². The number of allylic oxidation sites excluding steroid dienone is 4. The second kappa shape index (κ2) is 9.11. The molecule has 1 aromatic rings. The van der Waals surface area contributed by atoms with Crippen molar-refractivity contribution in [3.8, 4) is 11.5 Å². The van der Waals surface area contributed by atoms with Crippen molar-refractivity contribution in [2.24, 2.45) is 0 Å². The Morgan fingerprint density at radius 2 is 2.00 bits per heavy atom. The van der Waals surface area contributed by atoms with Crippen LogP contribution in [0.1, 0.15) is 27.2 Å². The highest BCUT2D eigenvalue weighted by Crippen LogP contribution is 2.28. The molecule has 0 unspecified atom stereocenters. The molecule has 6 heteroatoms. The molecule has 1 rings (SSSR count). The molecule has 3 nitrogen and oxygen atoms in total. The summed E-state index contributed by atoms with van der Waals surface area (Å²) in [6.45, 7) is 7.66. The number of benzene rings is 1. The predicted octanol–water partition coefficient (Wildman–Crippen LogP) is 5.23. The van der Waals surface area contributed by atoms with Crippen molar-refractivity contribution >= 4 is 5.78 Å². The van der Waals surface area contributed by atoms with E-state index in [-0.39, 0.29) is 18.1 Å². The zero-order valence-electron chi connectivity index (χ0n) is 14.4. The number of carbonyl (C=O) groups is 1. The average molecular weight is 354 g/mol. The van der Waals surface area contributed by atoms with Gasteiger partial charge in [-0.3, -0.25) is 4.79 Å². The highest BCUT2D eigenvalue weighted by molar-refractivity contribution is 5.95. The van der Waals surface area contributed by atoms with E-state index in [0.717, 1.165) is 17.7 Å². The molecule has 0 aliphatic rings. The highest BCUT2D eigenvalue weighted by Gasteiger charge is 2.25. The maximum absolute atomic E-state index is 13.5. The Morgan fingerprint density at radius 1 is 1.32 bits per heavy atom. The largest absolute Gasteiger partial charge is 0.493 e. The second-order valence-electron chi connectivity index (χ2n) is 5.38. The lowest BCUT2D eigenvalue weighted by atomic mass is 10.1. The van der Waals surface area contributed by atoms with Crippen LogP contribution >= 0.6 is 0 Å². The molecule has 0 aliphatic carbocycles. The SMILES string of the molecule is C=C(/C=C\C(=C/C)CCOc1ccc(F)c(OC(C)(F)F)c1)C(C)=O. The first kappa shape index (κ1) is 20.5. The Bertz CT molecular complexity index is 686. The van der Waals surface area contributed by atoms with Crippen molar-refractivity contribution in [3.05, 3.63) is 60.0 Å². The molecule has 0 heterocycles. The van der Waals surface area contributed by atoms with Gasteiger partial charge in [0.2, 0.25) is 0 Å². The molecule has 0 atom stereocenters. The van der Waals surface area contributed by atoms with Crippen LogP contribution in [0, 0.1) is 5.82 Å². The van der Waals surface area contributed by atoms with Gasteiger partial charge in [0.1, 0.15) is 5.75 Å². The summed E-state index contributed by atoms with van der Waals surface area (Å²) in [5.41, 5.74) is 1.29. The van der Waals surface area contributed by atoms with Gasteiger partial charge in [-0.05, 0) is 31.6 Å². The van der Waals surface area contributed by atoms with Gasteiger partial charge < -0.3 is 9.47 Å². The molecule has 136 valence electrons. The van der Waals surface area contributed by atoms with Gasteiger partial charge in [-0.15, -0.1) is 0 Å². The minimum absolute atomic E-state index is 0.116. The van der Waals surface area contributed by atoms with Crippen molar-refractivity contribution < 1.29 is 27.4 Å². The van der Waals surface area contributed by atoms with Crippen LogP contribution in [0.3, 0.4) is 0 Å². The summed E-state index contributed by atoms with van der Waals surface area (Å²) in [4.78, 5) is 11.1. The molecule has 0 saturated heterocycles. The predicted molar refractivity (Wildman–Crippen MR) is 90.5 cm³/mol. The molecule has 0 radical (unpaired) electrons. The molecule has 0 bridgehead atoms. The fourth-order valence-corrected chi connectivity index (χ4v) is 1.78. The number of hydrogen-bond donors (Lipinski definition) is 0. The fourth-order valence-electron chi connectivity index (χ4n) is 1.78. The number of halogens is 3. The summed E-state index contributed by atoms with van der Waals surface area (Å²) in [7, 11) is 0. The monoisotopic (exact) mass is 354 g/mol. The van der Waals surface area contributed by atoms with Crippen LogP contribution < -0.4 is 9.47 Å². The van der Waals surface area contributed by atoms with Crippen molar-refractivity contribution in [1.29, 1.82) is 0 Å². The van der Waals surface area contributed by atoms with Crippen molar-refractivity contribution in [1.82, 2.24) is 0 Å². The maximum atomic E-state index is 13.5. The maximum Gasteiger partial charge on any atom is 0.395 e. The lowest BCUT2D eigenvalue weighted by molar-refractivity contribution is -0.160. The van der Waals surface area contributed by atoms with Gasteiger partial charge in [0.05, 0.1) is 6.61 Å². The molecule has 0 aliphatic heterocycles. The molecule has 0 amide bonds. The standard InChI is InChI=1S/C19H21F3O3/c1-5-15(7-6-13(2)14(3)23)10-11-24-16-8-9-17(20)18(12-16)25-19(4,21)22/h5-9,12H,2,10-11H2,1,3-4H3/b7-6-,15-5+. The van der Waals surface area contributed by atoms with E-state index < -0.39 is 17.7 Å². The van der Waals surface area contributed by atoms with Crippen LogP contribution in [0.25, 0.3) is 0 Å². The van der Waals surface area contributed by atoms with Crippen molar-refractivity contribution in [2.45, 2.75) is 33.3 Å². The number of ether oxygens (including phenoxy) is 2. The fraction of sp³-hybridized carbons (Fsp3) is 0.316. The van der Waals surface area contributed by atoms with Gasteiger partial charge in [-0.25, -0.2) is 4.39 Å². The quantitative estimate of drug-likeness (QED) is 0.450. The van der Waals surface area contributed by atoms with Gasteiger partial charge in [0, 0.05) is 25.0 Å². The number of Topliss-reactive ketones (excluding diaryl/α,β-unsaturated/α-hetero) is 1. The van der Waals surface area contributed by atoms with E-state index in [1.54, 1.807) is 12.2 Å². The third-order valence-corrected chi connectivity index (χ3v) is 3.17. The minimum Gasteiger partial charge on any atom is -0.493 e. The summed E-state index contributed by atoms with van der Waals surface area (Å²) >= 11 is 0. The number of carbonyl (C=O) groups excluding carboxylic acids is 1. The molecule has 1 aromatic carbocycles. The topological polar surface area (TPSA) is 35.5 Å². The molecular formula is C19H21F3O3. The normalized spacial score (nSPS) is 12.3. The third kappa shape index (κ3) is 7.74. The molecule has 0 spiro atoms. The summed E-state index contributed by atoms with van der Waals surface area (Å²) in [6.07, 6.45) is 2.25. The van der Waals surface area contributed by atoms with Crippen LogP contribution in [0.2, 0.25) is 0 Å². The van der Waals surface area contributed by atoms with Crippen LogP contribution in [-0.2, 0) is 4.79 Å². The van der Waals surface area contributed by atoms with Crippen LogP contribution in [-0.4, -0.2) is 18.5 Å². The molecule has 0 saturated carbocycles. The van der Waals surface area contributed by atoms with Gasteiger partial charge in [-0.1, -0.05) is 24.8 Å². The van der Waals surface area contributed by atoms with E-state index in [1.807, 2.05) is 13.0 Å². The number of hydrogen-bond acceptors (Lipinski definition) is 3. The lowest BCUT2D eigenvalue weighted by Crippen LogP contribution is -2.19. The summed E-state index contributed by atoms with van der Waals surface area (Å²) in [6, 6.07) is 3.41. The van der Waals surface area contributed by atoms with E-state index in [9.17, 15) is 18.0 Å². The summed E-state index contributed by atoms with van der Waals surface area (Å²) in [5, 5.41) is 0. The lowest BCUT2D eigenvalue weighted by Gasteiger charge is -2.15. The molecule has 0 fully saturated rings. The van der Waals surface area contributed by atoms with Gasteiger partial charge in [-0.2, -0.15) is 8.78 Å². The second-order valence-corrected chi connectivity index (χ2v) is 5.38. The van der Waals surface area contributed by atoms with Crippen LogP contribution in [0.5, 0.6) is 11.5 Å². The van der Waals surface area contributed by atoms with E-state index in [4.69, 9.17) is 4.74 Å². The minimum atomic E-state index is -3.48. The first-order chi connectivity index (χ1) is 11.6.